The second-order valence-electron chi connectivity index (χ2n) is 5.34. The second-order valence-corrected chi connectivity index (χ2v) is 8.37. The summed E-state index contributed by atoms with van der Waals surface area (Å²) in [6.07, 6.45) is 2.67. The van der Waals surface area contributed by atoms with Crippen LogP contribution < -0.4 is 0 Å². The molecule has 1 saturated heterocycles. The van der Waals surface area contributed by atoms with Gasteiger partial charge >= 0.3 is 5.97 Å². The van der Waals surface area contributed by atoms with Crippen molar-refractivity contribution < 1.29 is 17.9 Å². The molecule has 0 amide bonds. The number of halogens is 1. The lowest BCUT2D eigenvalue weighted by molar-refractivity contribution is -0.148. The lowest BCUT2D eigenvalue weighted by atomic mass is 10.0. The van der Waals surface area contributed by atoms with Gasteiger partial charge in [0.25, 0.3) is 0 Å². The number of sulfone groups is 1. The number of rotatable bonds is 5. The molecule has 2 rings (SSSR count). The van der Waals surface area contributed by atoms with E-state index in [0.29, 0.717) is 11.4 Å². The minimum Gasteiger partial charge on any atom is -0.468 e. The maximum absolute atomic E-state index is 12.4. The number of carbonyl (C=O) groups is 1. The standard InChI is InChI=1S/C15H20BrNO4S/c1-21-15(18)14-4-2-3-9-17(14)10-11-22(19,20)13-7-5-12(16)6-8-13/h5-8,14H,2-4,9-11H2,1H3/t14-/m1/s1. The first kappa shape index (κ1) is 17.4. The highest BCUT2D eigenvalue weighted by Gasteiger charge is 2.30. The zero-order valence-electron chi connectivity index (χ0n) is 12.5. The van der Waals surface area contributed by atoms with E-state index in [0.717, 1.165) is 30.3 Å². The van der Waals surface area contributed by atoms with Gasteiger partial charge < -0.3 is 4.74 Å². The van der Waals surface area contributed by atoms with Crippen LogP contribution in [-0.2, 0) is 19.4 Å². The average Bonchev–Trinajstić information content (AvgIpc) is 2.53. The highest BCUT2D eigenvalue weighted by molar-refractivity contribution is 9.10. The van der Waals surface area contributed by atoms with Gasteiger partial charge in [0.1, 0.15) is 6.04 Å². The fraction of sp³-hybridized carbons (Fsp3) is 0.533. The Kier molecular flexibility index (Phi) is 6.00. The molecule has 1 fully saturated rings. The van der Waals surface area contributed by atoms with E-state index in [1.165, 1.54) is 7.11 Å². The second kappa shape index (κ2) is 7.57. The van der Waals surface area contributed by atoms with Gasteiger partial charge in [0.05, 0.1) is 17.8 Å². The largest absolute Gasteiger partial charge is 0.468 e. The molecule has 122 valence electrons. The van der Waals surface area contributed by atoms with Crippen LogP contribution in [-0.4, -0.2) is 51.3 Å². The lowest BCUT2D eigenvalue weighted by Gasteiger charge is -2.33. The van der Waals surface area contributed by atoms with Gasteiger partial charge in [0.2, 0.25) is 0 Å². The number of hydrogen-bond acceptors (Lipinski definition) is 5. The van der Waals surface area contributed by atoms with Crippen LogP contribution in [0.1, 0.15) is 19.3 Å². The number of esters is 1. The summed E-state index contributed by atoms with van der Waals surface area (Å²) in [7, 11) is -1.98. The Bertz CT molecular complexity index is 615. The van der Waals surface area contributed by atoms with E-state index in [9.17, 15) is 13.2 Å². The molecule has 0 radical (unpaired) electrons. The van der Waals surface area contributed by atoms with Crippen molar-refractivity contribution in [2.45, 2.75) is 30.2 Å². The highest BCUT2D eigenvalue weighted by atomic mass is 79.9. The normalized spacial score (nSPS) is 19.8. The Morgan fingerprint density at radius 3 is 2.64 bits per heavy atom. The van der Waals surface area contributed by atoms with Gasteiger partial charge in [-0.3, -0.25) is 9.69 Å². The minimum absolute atomic E-state index is 0.00211. The summed E-state index contributed by atoms with van der Waals surface area (Å²) in [6, 6.07) is 6.29. The van der Waals surface area contributed by atoms with Crippen LogP contribution in [0.4, 0.5) is 0 Å². The van der Waals surface area contributed by atoms with Crippen molar-refractivity contribution >= 4 is 31.7 Å². The molecule has 1 aliphatic rings. The number of benzene rings is 1. The van der Waals surface area contributed by atoms with Crippen LogP contribution in [0.25, 0.3) is 0 Å². The van der Waals surface area contributed by atoms with Gasteiger partial charge in [0.15, 0.2) is 9.84 Å². The average molecular weight is 390 g/mol. The molecule has 0 N–H and O–H groups in total. The number of nitrogens with zero attached hydrogens (tertiary/aromatic N) is 1. The summed E-state index contributed by atoms with van der Waals surface area (Å²) in [5, 5.41) is 0. The van der Waals surface area contributed by atoms with Crippen LogP contribution in [0, 0.1) is 0 Å². The van der Waals surface area contributed by atoms with E-state index in [1.54, 1.807) is 24.3 Å². The molecule has 1 heterocycles. The summed E-state index contributed by atoms with van der Waals surface area (Å²) >= 11 is 3.29. The van der Waals surface area contributed by atoms with Gasteiger partial charge in [-0.1, -0.05) is 22.4 Å². The van der Waals surface area contributed by atoms with Crippen molar-refractivity contribution in [3.05, 3.63) is 28.7 Å². The molecule has 1 aliphatic heterocycles. The Labute approximate surface area is 139 Å². The number of hydrogen-bond donors (Lipinski definition) is 0. The third-order valence-electron chi connectivity index (χ3n) is 3.91. The molecule has 7 heteroatoms. The Hall–Kier alpha value is -0.920. The lowest BCUT2D eigenvalue weighted by Crippen LogP contribution is -2.47. The van der Waals surface area contributed by atoms with Crippen molar-refractivity contribution in [3.8, 4) is 0 Å². The molecule has 0 saturated carbocycles. The van der Waals surface area contributed by atoms with Crippen LogP contribution in [0.15, 0.2) is 33.6 Å². The third-order valence-corrected chi connectivity index (χ3v) is 6.15. The van der Waals surface area contributed by atoms with Crippen molar-refractivity contribution in [2.24, 2.45) is 0 Å². The van der Waals surface area contributed by atoms with Crippen molar-refractivity contribution in [2.75, 3.05) is 26.0 Å². The molecule has 1 aromatic carbocycles. The van der Waals surface area contributed by atoms with E-state index in [1.807, 2.05) is 4.90 Å². The zero-order valence-corrected chi connectivity index (χ0v) is 14.9. The Morgan fingerprint density at radius 2 is 2.00 bits per heavy atom. The van der Waals surface area contributed by atoms with Crippen LogP contribution in [0.2, 0.25) is 0 Å². The Morgan fingerprint density at radius 1 is 1.32 bits per heavy atom. The molecular formula is C15H20BrNO4S. The van der Waals surface area contributed by atoms with Crippen LogP contribution in [0.5, 0.6) is 0 Å². The first-order valence-corrected chi connectivity index (χ1v) is 9.69. The van der Waals surface area contributed by atoms with E-state index in [2.05, 4.69) is 15.9 Å². The summed E-state index contributed by atoms with van der Waals surface area (Å²) in [5.41, 5.74) is 0. The summed E-state index contributed by atoms with van der Waals surface area (Å²) in [6.45, 7) is 1.08. The molecule has 0 bridgehead atoms. The number of piperidine rings is 1. The predicted octanol–water partition coefficient (Wildman–Crippen LogP) is 2.25. The number of likely N-dealkylation sites (tertiary alicyclic amines) is 1. The Balaban J connectivity index is 2.03. The van der Waals surface area contributed by atoms with Crippen LogP contribution >= 0.6 is 15.9 Å². The smallest absolute Gasteiger partial charge is 0.323 e. The first-order valence-electron chi connectivity index (χ1n) is 7.24. The monoisotopic (exact) mass is 389 g/mol. The van der Waals surface area contributed by atoms with Gasteiger partial charge in [-0.25, -0.2) is 8.42 Å². The summed E-state index contributed by atoms with van der Waals surface area (Å²) < 4.78 is 30.4. The quantitative estimate of drug-likeness (QED) is 0.722. The molecule has 22 heavy (non-hydrogen) atoms. The molecule has 0 aromatic heterocycles. The fourth-order valence-electron chi connectivity index (χ4n) is 2.66. The molecule has 1 aromatic rings. The van der Waals surface area contributed by atoms with Crippen molar-refractivity contribution in [1.29, 1.82) is 0 Å². The van der Waals surface area contributed by atoms with Crippen molar-refractivity contribution in [1.82, 2.24) is 4.90 Å². The van der Waals surface area contributed by atoms with Gasteiger partial charge in [-0.05, 0) is 43.7 Å². The number of carbonyl (C=O) groups excluding carboxylic acids is 1. The van der Waals surface area contributed by atoms with E-state index in [-0.39, 0.29) is 17.8 Å². The van der Waals surface area contributed by atoms with Gasteiger partial charge in [-0.15, -0.1) is 0 Å². The maximum Gasteiger partial charge on any atom is 0.323 e. The summed E-state index contributed by atoms with van der Waals surface area (Å²) in [5.74, 6) is -0.275. The molecular weight excluding hydrogens is 370 g/mol. The number of ether oxygens (including phenoxy) is 1. The molecule has 0 unspecified atom stereocenters. The SMILES string of the molecule is COC(=O)[C@H]1CCCCN1CCS(=O)(=O)c1ccc(Br)cc1. The molecule has 0 aliphatic carbocycles. The highest BCUT2D eigenvalue weighted by Crippen LogP contribution is 2.20. The fourth-order valence-corrected chi connectivity index (χ4v) is 4.18. The molecule has 1 atom stereocenters. The minimum atomic E-state index is -3.35. The molecule has 5 nitrogen and oxygen atoms in total. The zero-order chi connectivity index (χ0) is 16.2. The van der Waals surface area contributed by atoms with Gasteiger partial charge in [-0.2, -0.15) is 0 Å². The van der Waals surface area contributed by atoms with Gasteiger partial charge in [0, 0.05) is 11.0 Å². The maximum atomic E-state index is 12.4. The van der Waals surface area contributed by atoms with Crippen molar-refractivity contribution in [3.63, 3.8) is 0 Å². The predicted molar refractivity (Wildman–Crippen MR) is 87.4 cm³/mol. The van der Waals surface area contributed by atoms with Crippen LogP contribution in [0.3, 0.4) is 0 Å². The molecule has 0 spiro atoms. The third kappa shape index (κ3) is 4.30. The topological polar surface area (TPSA) is 63.7 Å². The number of methoxy groups -OCH3 is 1. The van der Waals surface area contributed by atoms with E-state index in [4.69, 9.17) is 4.74 Å². The van der Waals surface area contributed by atoms with E-state index < -0.39 is 9.84 Å². The summed E-state index contributed by atoms with van der Waals surface area (Å²) in [4.78, 5) is 14.0. The van der Waals surface area contributed by atoms with E-state index >= 15 is 0 Å². The first-order chi connectivity index (χ1) is 10.4.